The number of pyridine rings is 1. The lowest BCUT2D eigenvalue weighted by Crippen LogP contribution is -2.40. The normalized spacial score (nSPS) is 13.9. The molecule has 3 heterocycles. The molecule has 0 spiro atoms. The first-order chi connectivity index (χ1) is 13.2. The number of furan rings is 1. The number of hydrogen-bond donors (Lipinski definition) is 3. The molecule has 9 nitrogen and oxygen atoms in total. The summed E-state index contributed by atoms with van der Waals surface area (Å²) in [5, 5.41) is 8.09. The fraction of sp³-hybridized carbons (Fsp3) is 0.389. The second kappa shape index (κ2) is 9.58. The molecule has 9 heteroatoms. The fourth-order valence-corrected chi connectivity index (χ4v) is 2.59. The van der Waals surface area contributed by atoms with Crippen LogP contribution in [0.5, 0.6) is 0 Å². The summed E-state index contributed by atoms with van der Waals surface area (Å²) in [5.41, 5.74) is 0.910. The van der Waals surface area contributed by atoms with Gasteiger partial charge in [0.25, 0.3) is 5.91 Å². The van der Waals surface area contributed by atoms with Crippen molar-refractivity contribution in [2.24, 2.45) is 0 Å². The van der Waals surface area contributed by atoms with Crippen LogP contribution in [0.1, 0.15) is 16.1 Å². The number of morpholine rings is 1. The highest BCUT2D eigenvalue weighted by Crippen LogP contribution is 2.12. The van der Waals surface area contributed by atoms with Crippen LogP contribution >= 0.6 is 0 Å². The van der Waals surface area contributed by atoms with Crippen molar-refractivity contribution in [3.05, 3.63) is 48.0 Å². The van der Waals surface area contributed by atoms with Gasteiger partial charge in [0.05, 0.1) is 19.5 Å². The summed E-state index contributed by atoms with van der Waals surface area (Å²) in [6, 6.07) is 6.81. The summed E-state index contributed by atoms with van der Waals surface area (Å²) in [5.74, 6) is 0.847. The predicted molar refractivity (Wildman–Crippen MR) is 98.5 cm³/mol. The van der Waals surface area contributed by atoms with E-state index in [-0.39, 0.29) is 17.7 Å². The number of carbonyl (C=O) groups excluding carboxylic acids is 2. The van der Waals surface area contributed by atoms with Gasteiger partial charge >= 0.3 is 6.03 Å². The molecule has 0 unspecified atom stereocenters. The van der Waals surface area contributed by atoms with Crippen LogP contribution < -0.4 is 20.9 Å². The number of aromatic nitrogens is 1. The van der Waals surface area contributed by atoms with E-state index in [2.05, 4.69) is 25.8 Å². The number of ether oxygens (including phenoxy) is 1. The van der Waals surface area contributed by atoms with Gasteiger partial charge in [0.15, 0.2) is 5.76 Å². The minimum Gasteiger partial charge on any atom is -0.459 e. The smallest absolute Gasteiger partial charge is 0.315 e. The summed E-state index contributed by atoms with van der Waals surface area (Å²) in [7, 11) is 0. The highest BCUT2D eigenvalue weighted by atomic mass is 16.5. The third kappa shape index (κ3) is 5.71. The molecule has 0 bridgehead atoms. The number of carbonyl (C=O) groups is 2. The van der Waals surface area contributed by atoms with E-state index < -0.39 is 0 Å². The van der Waals surface area contributed by atoms with Crippen LogP contribution in [-0.2, 0) is 11.3 Å². The fourth-order valence-electron chi connectivity index (χ4n) is 2.59. The Balaban J connectivity index is 1.32. The third-order valence-corrected chi connectivity index (χ3v) is 4.04. The molecular formula is C18H23N5O4. The zero-order chi connectivity index (χ0) is 18.9. The lowest BCUT2D eigenvalue weighted by molar-refractivity contribution is 0.0926. The molecule has 3 N–H and O–H groups in total. The summed E-state index contributed by atoms with van der Waals surface area (Å²) in [6.45, 7) is 4.10. The Morgan fingerprint density at radius 1 is 1.07 bits per heavy atom. The molecular weight excluding hydrogens is 350 g/mol. The molecule has 0 saturated carbocycles. The maximum absolute atomic E-state index is 11.8. The topological polar surface area (TPSA) is 109 Å². The number of nitrogens with one attached hydrogen (secondary N) is 3. The molecule has 0 radical (unpaired) electrons. The summed E-state index contributed by atoms with van der Waals surface area (Å²) < 4.78 is 10.3. The van der Waals surface area contributed by atoms with Crippen LogP contribution in [0.25, 0.3) is 0 Å². The molecule has 0 atom stereocenters. The largest absolute Gasteiger partial charge is 0.459 e. The van der Waals surface area contributed by atoms with E-state index in [9.17, 15) is 9.59 Å². The quantitative estimate of drug-likeness (QED) is 0.618. The minimum atomic E-state index is -0.311. The van der Waals surface area contributed by atoms with Crippen molar-refractivity contribution in [2.45, 2.75) is 6.54 Å². The van der Waals surface area contributed by atoms with Crippen LogP contribution in [0.2, 0.25) is 0 Å². The number of urea groups is 1. The lowest BCUT2D eigenvalue weighted by atomic mass is 10.2. The number of anilines is 1. The average Bonchev–Trinajstić information content (AvgIpc) is 3.25. The summed E-state index contributed by atoms with van der Waals surface area (Å²) in [6.07, 6.45) is 3.19. The molecule has 3 rings (SSSR count). The van der Waals surface area contributed by atoms with Crippen LogP contribution in [0.3, 0.4) is 0 Å². The van der Waals surface area contributed by atoms with Gasteiger partial charge in [0, 0.05) is 38.9 Å². The molecule has 0 aromatic carbocycles. The van der Waals surface area contributed by atoms with Gasteiger partial charge in [-0.3, -0.25) is 4.79 Å². The lowest BCUT2D eigenvalue weighted by Gasteiger charge is -2.27. The molecule has 27 heavy (non-hydrogen) atoms. The molecule has 1 fully saturated rings. The third-order valence-electron chi connectivity index (χ3n) is 4.04. The Labute approximate surface area is 157 Å². The van der Waals surface area contributed by atoms with Crippen LogP contribution in [0.4, 0.5) is 10.6 Å². The molecule has 2 aromatic heterocycles. The number of nitrogens with zero attached hydrogens (tertiary/aromatic N) is 2. The molecule has 1 aliphatic rings. The Hall–Kier alpha value is -3.07. The van der Waals surface area contributed by atoms with E-state index in [0.29, 0.717) is 32.8 Å². The summed E-state index contributed by atoms with van der Waals surface area (Å²) in [4.78, 5) is 30.1. The van der Waals surface area contributed by atoms with E-state index in [1.54, 1.807) is 18.3 Å². The maximum atomic E-state index is 11.8. The van der Waals surface area contributed by atoms with E-state index >= 15 is 0 Å². The molecule has 144 valence electrons. The van der Waals surface area contributed by atoms with Gasteiger partial charge in [0.1, 0.15) is 5.82 Å². The van der Waals surface area contributed by atoms with Crippen LogP contribution in [-0.4, -0.2) is 56.3 Å². The Bertz CT molecular complexity index is 727. The van der Waals surface area contributed by atoms with Gasteiger partial charge in [-0.2, -0.15) is 0 Å². The van der Waals surface area contributed by atoms with Crippen molar-refractivity contribution in [3.63, 3.8) is 0 Å². The van der Waals surface area contributed by atoms with Crippen molar-refractivity contribution >= 4 is 17.8 Å². The van der Waals surface area contributed by atoms with Crippen molar-refractivity contribution in [2.75, 3.05) is 44.3 Å². The zero-order valence-corrected chi connectivity index (χ0v) is 14.9. The van der Waals surface area contributed by atoms with E-state index in [4.69, 9.17) is 9.15 Å². The Morgan fingerprint density at radius 2 is 1.89 bits per heavy atom. The first-order valence-corrected chi connectivity index (χ1v) is 8.83. The van der Waals surface area contributed by atoms with Crippen molar-refractivity contribution < 1.29 is 18.7 Å². The van der Waals surface area contributed by atoms with E-state index in [1.807, 2.05) is 12.1 Å². The van der Waals surface area contributed by atoms with Crippen LogP contribution in [0.15, 0.2) is 41.1 Å². The second-order valence-corrected chi connectivity index (χ2v) is 5.97. The standard InChI is InChI=1S/C18H23N5O4/c24-17(15-2-1-9-27-15)19-5-6-20-18(25)22-13-14-3-4-16(21-12-14)23-7-10-26-11-8-23/h1-4,9,12H,5-8,10-11,13H2,(H,19,24)(H2,20,22,25). The van der Waals surface area contributed by atoms with Gasteiger partial charge in [0.2, 0.25) is 0 Å². The van der Waals surface area contributed by atoms with Gasteiger partial charge in [-0.05, 0) is 23.8 Å². The maximum Gasteiger partial charge on any atom is 0.315 e. The number of hydrogen-bond acceptors (Lipinski definition) is 6. The Morgan fingerprint density at radius 3 is 2.59 bits per heavy atom. The zero-order valence-electron chi connectivity index (χ0n) is 14.9. The first kappa shape index (κ1) is 18.7. The average molecular weight is 373 g/mol. The Kier molecular flexibility index (Phi) is 6.64. The monoisotopic (exact) mass is 373 g/mol. The van der Waals surface area contributed by atoms with E-state index in [0.717, 1.165) is 24.5 Å². The number of rotatable bonds is 7. The summed E-state index contributed by atoms with van der Waals surface area (Å²) >= 11 is 0. The van der Waals surface area contributed by atoms with E-state index in [1.165, 1.54) is 6.26 Å². The molecule has 0 aliphatic carbocycles. The highest BCUT2D eigenvalue weighted by Gasteiger charge is 2.12. The highest BCUT2D eigenvalue weighted by molar-refractivity contribution is 5.91. The number of amides is 3. The molecule has 1 saturated heterocycles. The second-order valence-electron chi connectivity index (χ2n) is 5.97. The van der Waals surface area contributed by atoms with Gasteiger partial charge < -0.3 is 30.0 Å². The van der Waals surface area contributed by atoms with Gasteiger partial charge in [-0.15, -0.1) is 0 Å². The minimum absolute atomic E-state index is 0.243. The molecule has 1 aliphatic heterocycles. The first-order valence-electron chi connectivity index (χ1n) is 8.83. The SMILES string of the molecule is O=C(NCCNC(=O)c1ccco1)NCc1ccc(N2CCOCC2)nc1. The van der Waals surface area contributed by atoms with Gasteiger partial charge in [-0.25, -0.2) is 9.78 Å². The predicted octanol–water partition coefficient (Wildman–Crippen LogP) is 0.740. The van der Waals surface area contributed by atoms with Crippen molar-refractivity contribution in [1.82, 2.24) is 20.9 Å². The van der Waals surface area contributed by atoms with Gasteiger partial charge in [-0.1, -0.05) is 6.07 Å². The van der Waals surface area contributed by atoms with Crippen molar-refractivity contribution in [1.29, 1.82) is 0 Å². The van der Waals surface area contributed by atoms with Crippen molar-refractivity contribution in [3.8, 4) is 0 Å². The molecule has 2 aromatic rings. The molecule has 3 amide bonds. The van der Waals surface area contributed by atoms with Crippen LogP contribution in [0, 0.1) is 0 Å².